The fraction of sp³-hybridized carbons (Fsp3) is 0.316. The zero-order valence-corrected chi connectivity index (χ0v) is 15.7. The Labute approximate surface area is 152 Å². The van der Waals surface area contributed by atoms with Crippen molar-refractivity contribution in [1.82, 2.24) is 0 Å². The fourth-order valence-electron chi connectivity index (χ4n) is 2.12. The van der Waals surface area contributed by atoms with Crippen LogP contribution in [-0.2, 0) is 10.2 Å². The van der Waals surface area contributed by atoms with Gasteiger partial charge in [0.15, 0.2) is 6.10 Å². The summed E-state index contributed by atoms with van der Waals surface area (Å²) in [7, 11) is 0. The second kappa shape index (κ2) is 7.45. The maximum atomic E-state index is 12.3. The molecular formula is C19H21Cl2NO2. The highest BCUT2D eigenvalue weighted by Crippen LogP contribution is 2.27. The van der Waals surface area contributed by atoms with Crippen molar-refractivity contribution in [2.75, 3.05) is 5.32 Å². The van der Waals surface area contributed by atoms with Crippen LogP contribution in [0.3, 0.4) is 0 Å². The number of hydrogen-bond acceptors (Lipinski definition) is 2. The summed E-state index contributed by atoms with van der Waals surface area (Å²) in [6, 6.07) is 12.7. The van der Waals surface area contributed by atoms with Crippen LogP contribution in [0.4, 0.5) is 5.69 Å². The molecule has 0 heterocycles. The number of carbonyl (C=O) groups excluding carboxylic acids is 1. The van der Waals surface area contributed by atoms with E-state index in [1.807, 2.05) is 24.3 Å². The average molecular weight is 366 g/mol. The van der Waals surface area contributed by atoms with E-state index < -0.39 is 6.10 Å². The molecular weight excluding hydrogens is 345 g/mol. The van der Waals surface area contributed by atoms with Crippen molar-refractivity contribution in [2.24, 2.45) is 0 Å². The first-order chi connectivity index (χ1) is 11.2. The van der Waals surface area contributed by atoms with Gasteiger partial charge in [-0.15, -0.1) is 0 Å². The minimum atomic E-state index is -0.666. The summed E-state index contributed by atoms with van der Waals surface area (Å²) in [5.74, 6) is 0.349. The molecule has 1 atom stereocenters. The first kappa shape index (κ1) is 18.6. The molecule has 2 aromatic rings. The van der Waals surface area contributed by atoms with Crippen molar-refractivity contribution in [1.29, 1.82) is 0 Å². The van der Waals surface area contributed by atoms with E-state index in [0.717, 1.165) is 0 Å². The van der Waals surface area contributed by atoms with E-state index in [1.165, 1.54) is 5.56 Å². The summed E-state index contributed by atoms with van der Waals surface area (Å²) >= 11 is 12.0. The molecule has 0 aromatic heterocycles. The molecule has 0 saturated heterocycles. The zero-order valence-electron chi connectivity index (χ0n) is 14.2. The van der Waals surface area contributed by atoms with Crippen LogP contribution in [-0.4, -0.2) is 12.0 Å². The Kier molecular flexibility index (Phi) is 5.79. The predicted octanol–water partition coefficient (Wildman–Crippen LogP) is 5.70. The van der Waals surface area contributed by atoms with Crippen LogP contribution in [0.15, 0.2) is 42.5 Å². The maximum absolute atomic E-state index is 12.3. The Morgan fingerprint density at radius 1 is 1.08 bits per heavy atom. The molecule has 0 bridgehead atoms. The molecule has 0 spiro atoms. The van der Waals surface area contributed by atoms with Crippen LogP contribution in [0, 0.1) is 0 Å². The van der Waals surface area contributed by atoms with Gasteiger partial charge in [-0.05, 0) is 48.2 Å². The monoisotopic (exact) mass is 365 g/mol. The summed E-state index contributed by atoms with van der Waals surface area (Å²) in [6.07, 6.45) is -0.666. The molecule has 5 heteroatoms. The van der Waals surface area contributed by atoms with Gasteiger partial charge < -0.3 is 10.1 Å². The number of hydrogen-bond donors (Lipinski definition) is 1. The lowest BCUT2D eigenvalue weighted by atomic mass is 9.87. The minimum Gasteiger partial charge on any atom is -0.481 e. The highest BCUT2D eigenvalue weighted by Gasteiger charge is 2.17. The van der Waals surface area contributed by atoms with Gasteiger partial charge in [-0.3, -0.25) is 4.79 Å². The molecule has 128 valence electrons. The average Bonchev–Trinajstić information content (AvgIpc) is 2.50. The molecule has 0 radical (unpaired) electrons. The quantitative estimate of drug-likeness (QED) is 0.754. The predicted molar refractivity (Wildman–Crippen MR) is 100 cm³/mol. The fourth-order valence-corrected chi connectivity index (χ4v) is 2.46. The topological polar surface area (TPSA) is 38.3 Å². The second-order valence-electron chi connectivity index (χ2n) is 6.65. The SMILES string of the molecule is C[C@H](Oc1ccc(C(C)(C)C)cc1)C(=O)Nc1cc(Cl)ccc1Cl. The molecule has 0 saturated carbocycles. The lowest BCUT2D eigenvalue weighted by Crippen LogP contribution is -2.30. The van der Waals surface area contributed by atoms with Gasteiger partial charge in [0.2, 0.25) is 0 Å². The molecule has 2 aromatic carbocycles. The van der Waals surface area contributed by atoms with Crippen molar-refractivity contribution in [2.45, 2.75) is 39.2 Å². The van der Waals surface area contributed by atoms with E-state index in [0.29, 0.717) is 21.5 Å². The van der Waals surface area contributed by atoms with Gasteiger partial charge in [0.1, 0.15) is 5.75 Å². The lowest BCUT2D eigenvalue weighted by Gasteiger charge is -2.20. The van der Waals surface area contributed by atoms with Crippen molar-refractivity contribution >= 4 is 34.8 Å². The third-order valence-corrected chi connectivity index (χ3v) is 4.15. The number of ether oxygens (including phenoxy) is 1. The highest BCUT2D eigenvalue weighted by molar-refractivity contribution is 6.35. The number of nitrogens with one attached hydrogen (secondary N) is 1. The van der Waals surface area contributed by atoms with Gasteiger partial charge in [-0.1, -0.05) is 56.1 Å². The molecule has 0 aliphatic heterocycles. The number of anilines is 1. The number of carbonyl (C=O) groups is 1. The highest BCUT2D eigenvalue weighted by atomic mass is 35.5. The minimum absolute atomic E-state index is 0.0743. The van der Waals surface area contributed by atoms with Crippen LogP contribution in [0.1, 0.15) is 33.3 Å². The van der Waals surface area contributed by atoms with E-state index in [1.54, 1.807) is 25.1 Å². The third kappa shape index (κ3) is 4.89. The van der Waals surface area contributed by atoms with Gasteiger partial charge in [0, 0.05) is 5.02 Å². The molecule has 3 nitrogen and oxygen atoms in total. The summed E-state index contributed by atoms with van der Waals surface area (Å²) < 4.78 is 5.70. The van der Waals surface area contributed by atoms with Crippen molar-refractivity contribution in [3.63, 3.8) is 0 Å². The number of rotatable bonds is 4. The Balaban J connectivity index is 2.02. The molecule has 24 heavy (non-hydrogen) atoms. The molecule has 2 rings (SSSR count). The van der Waals surface area contributed by atoms with E-state index >= 15 is 0 Å². The third-order valence-electron chi connectivity index (χ3n) is 3.59. The Morgan fingerprint density at radius 3 is 2.29 bits per heavy atom. The normalized spacial score (nSPS) is 12.6. The van der Waals surface area contributed by atoms with Gasteiger partial charge in [0.05, 0.1) is 10.7 Å². The van der Waals surface area contributed by atoms with Gasteiger partial charge in [-0.25, -0.2) is 0 Å². The molecule has 0 fully saturated rings. The Bertz CT molecular complexity index is 721. The summed E-state index contributed by atoms with van der Waals surface area (Å²) in [4.78, 5) is 12.3. The summed E-state index contributed by atoms with van der Waals surface area (Å²) in [6.45, 7) is 8.13. The van der Waals surface area contributed by atoms with Crippen LogP contribution in [0.25, 0.3) is 0 Å². The van der Waals surface area contributed by atoms with Crippen LogP contribution >= 0.6 is 23.2 Å². The maximum Gasteiger partial charge on any atom is 0.265 e. The molecule has 0 aliphatic rings. The Morgan fingerprint density at radius 2 is 1.71 bits per heavy atom. The van der Waals surface area contributed by atoms with Crippen LogP contribution < -0.4 is 10.1 Å². The van der Waals surface area contributed by atoms with E-state index in [-0.39, 0.29) is 11.3 Å². The Hall–Kier alpha value is -1.71. The smallest absolute Gasteiger partial charge is 0.265 e. The van der Waals surface area contributed by atoms with E-state index in [2.05, 4.69) is 26.1 Å². The number of amides is 1. The van der Waals surface area contributed by atoms with Gasteiger partial charge >= 0.3 is 0 Å². The van der Waals surface area contributed by atoms with Crippen molar-refractivity contribution in [3.8, 4) is 5.75 Å². The van der Waals surface area contributed by atoms with E-state index in [4.69, 9.17) is 27.9 Å². The molecule has 1 amide bonds. The van der Waals surface area contributed by atoms with Gasteiger partial charge in [0.25, 0.3) is 5.91 Å². The first-order valence-corrected chi connectivity index (χ1v) is 8.45. The number of benzene rings is 2. The lowest BCUT2D eigenvalue weighted by molar-refractivity contribution is -0.122. The summed E-state index contributed by atoms with van der Waals surface area (Å²) in [5, 5.41) is 3.65. The summed E-state index contributed by atoms with van der Waals surface area (Å²) in [5.41, 5.74) is 1.75. The van der Waals surface area contributed by atoms with Gasteiger partial charge in [-0.2, -0.15) is 0 Å². The van der Waals surface area contributed by atoms with Crippen molar-refractivity contribution in [3.05, 3.63) is 58.1 Å². The first-order valence-electron chi connectivity index (χ1n) is 7.70. The molecule has 0 unspecified atom stereocenters. The molecule has 0 aliphatic carbocycles. The largest absolute Gasteiger partial charge is 0.481 e. The second-order valence-corrected chi connectivity index (χ2v) is 7.49. The number of halogens is 2. The zero-order chi connectivity index (χ0) is 17.9. The van der Waals surface area contributed by atoms with E-state index in [9.17, 15) is 4.79 Å². The van der Waals surface area contributed by atoms with Crippen LogP contribution in [0.2, 0.25) is 10.0 Å². The van der Waals surface area contributed by atoms with Crippen LogP contribution in [0.5, 0.6) is 5.75 Å². The molecule has 1 N–H and O–H groups in total. The van der Waals surface area contributed by atoms with Crippen molar-refractivity contribution < 1.29 is 9.53 Å². The standard InChI is InChI=1S/C19H21Cl2NO2/c1-12(18(23)22-17-11-14(20)7-10-16(17)21)24-15-8-5-13(6-9-15)19(2,3)4/h5-12H,1-4H3,(H,22,23)/t12-/m0/s1.